The molecule has 0 saturated carbocycles. The van der Waals surface area contributed by atoms with Gasteiger partial charge < -0.3 is 10.6 Å². The molecule has 0 radical (unpaired) electrons. The molecule has 0 fully saturated rings. The van der Waals surface area contributed by atoms with E-state index in [9.17, 15) is 9.59 Å². The van der Waals surface area contributed by atoms with E-state index in [2.05, 4.69) is 20.6 Å². The number of fused-ring (bicyclic) bond motifs is 1. The van der Waals surface area contributed by atoms with Crippen molar-refractivity contribution in [3.63, 3.8) is 0 Å². The number of benzene rings is 1. The van der Waals surface area contributed by atoms with Gasteiger partial charge in [0.05, 0.1) is 0 Å². The van der Waals surface area contributed by atoms with Crippen LogP contribution in [0.1, 0.15) is 40.5 Å². The average molecular weight is 310 g/mol. The molecule has 2 amide bonds. The zero-order valence-corrected chi connectivity index (χ0v) is 13.1. The van der Waals surface area contributed by atoms with E-state index < -0.39 is 0 Å². The lowest BCUT2D eigenvalue weighted by Crippen LogP contribution is -2.23. The minimum atomic E-state index is -0.263. The Morgan fingerprint density at radius 2 is 2.22 bits per heavy atom. The number of hydrogen-bond donors (Lipinski definition) is 2. The maximum atomic E-state index is 12.3. The second-order valence-electron chi connectivity index (χ2n) is 5.52. The van der Waals surface area contributed by atoms with Gasteiger partial charge in [0.25, 0.3) is 5.91 Å². The molecule has 6 heteroatoms. The van der Waals surface area contributed by atoms with Crippen molar-refractivity contribution in [3.05, 3.63) is 47.0 Å². The zero-order chi connectivity index (χ0) is 16.4. The van der Waals surface area contributed by atoms with E-state index in [1.807, 2.05) is 19.9 Å². The second kappa shape index (κ2) is 6.16. The predicted octanol–water partition coefficient (Wildman–Crippen LogP) is 2.48. The monoisotopic (exact) mass is 310 g/mol. The van der Waals surface area contributed by atoms with Crippen molar-refractivity contribution < 1.29 is 9.59 Å². The number of nitrogens with one attached hydrogen (secondary N) is 2. The van der Waals surface area contributed by atoms with Gasteiger partial charge in [-0.15, -0.1) is 0 Å². The summed E-state index contributed by atoms with van der Waals surface area (Å²) in [4.78, 5) is 31.8. The Bertz CT molecular complexity index is 772. The van der Waals surface area contributed by atoms with Crippen LogP contribution < -0.4 is 10.6 Å². The Morgan fingerprint density at radius 3 is 2.91 bits per heavy atom. The number of rotatable bonds is 3. The molecule has 2 aromatic rings. The Hall–Kier alpha value is -2.76. The van der Waals surface area contributed by atoms with Crippen LogP contribution in [0.3, 0.4) is 0 Å². The van der Waals surface area contributed by atoms with Crippen LogP contribution >= 0.6 is 0 Å². The molecule has 0 spiro atoms. The van der Waals surface area contributed by atoms with Crippen LogP contribution in [-0.2, 0) is 17.6 Å². The molecule has 0 saturated heterocycles. The van der Waals surface area contributed by atoms with E-state index in [1.165, 1.54) is 12.5 Å². The summed E-state index contributed by atoms with van der Waals surface area (Å²) in [5.74, 6) is -0.221. The quantitative estimate of drug-likeness (QED) is 0.912. The molecule has 23 heavy (non-hydrogen) atoms. The van der Waals surface area contributed by atoms with Gasteiger partial charge in [0, 0.05) is 24.0 Å². The topological polar surface area (TPSA) is 84.0 Å². The van der Waals surface area contributed by atoms with Crippen LogP contribution in [-0.4, -0.2) is 21.8 Å². The maximum Gasteiger partial charge on any atom is 0.274 e. The molecule has 1 aliphatic heterocycles. The van der Waals surface area contributed by atoms with E-state index in [-0.39, 0.29) is 11.8 Å². The van der Waals surface area contributed by atoms with Gasteiger partial charge in [-0.25, -0.2) is 9.97 Å². The van der Waals surface area contributed by atoms with Crippen molar-refractivity contribution in [2.24, 2.45) is 0 Å². The first-order chi connectivity index (χ1) is 11.1. The number of aromatic nitrogens is 2. The number of nitrogens with zero attached hydrogens (tertiary/aromatic N) is 2. The third-order valence-corrected chi connectivity index (χ3v) is 4.03. The zero-order valence-electron chi connectivity index (χ0n) is 13.1. The molecule has 2 N–H and O–H groups in total. The van der Waals surface area contributed by atoms with Crippen LogP contribution in [0.15, 0.2) is 24.7 Å². The van der Waals surface area contributed by atoms with Gasteiger partial charge in [-0.2, -0.15) is 0 Å². The molecular formula is C17H18N4O2. The summed E-state index contributed by atoms with van der Waals surface area (Å²) in [6.45, 7) is 3.98. The summed E-state index contributed by atoms with van der Waals surface area (Å²) in [5.41, 5.74) is 5.12. The highest BCUT2D eigenvalue weighted by atomic mass is 16.2. The number of aryl methyl sites for hydroxylation is 1. The number of carbonyl (C=O) groups excluding carboxylic acids is 2. The molecule has 118 valence electrons. The van der Waals surface area contributed by atoms with Gasteiger partial charge in [-0.3, -0.25) is 9.59 Å². The van der Waals surface area contributed by atoms with Crippen molar-refractivity contribution in [2.75, 3.05) is 10.6 Å². The lowest BCUT2D eigenvalue weighted by molar-refractivity contribution is -0.116. The van der Waals surface area contributed by atoms with Gasteiger partial charge in [0.15, 0.2) is 0 Å². The van der Waals surface area contributed by atoms with E-state index in [4.69, 9.17) is 0 Å². The SMILES string of the molecule is CCc1c(NC(=O)c2ccncn2)cc(C)c2c1CCC(=O)N2. The van der Waals surface area contributed by atoms with Gasteiger partial charge in [-0.05, 0) is 48.6 Å². The largest absolute Gasteiger partial charge is 0.326 e. The minimum Gasteiger partial charge on any atom is -0.326 e. The number of carbonyl (C=O) groups is 2. The van der Waals surface area contributed by atoms with Crippen molar-refractivity contribution in [1.29, 1.82) is 0 Å². The number of amides is 2. The molecule has 0 aliphatic carbocycles. The molecule has 0 bridgehead atoms. The fourth-order valence-electron chi connectivity index (χ4n) is 2.94. The smallest absolute Gasteiger partial charge is 0.274 e. The summed E-state index contributed by atoms with van der Waals surface area (Å²) in [6.07, 6.45) is 4.84. The fraction of sp³-hybridized carbons (Fsp3) is 0.294. The first-order valence-electron chi connectivity index (χ1n) is 7.62. The highest BCUT2D eigenvalue weighted by Crippen LogP contribution is 2.35. The van der Waals surface area contributed by atoms with Crippen molar-refractivity contribution in [3.8, 4) is 0 Å². The first-order valence-corrected chi connectivity index (χ1v) is 7.62. The summed E-state index contributed by atoms with van der Waals surface area (Å²) >= 11 is 0. The van der Waals surface area contributed by atoms with Crippen LogP contribution in [0.4, 0.5) is 11.4 Å². The molecule has 0 atom stereocenters. The Morgan fingerprint density at radius 1 is 1.39 bits per heavy atom. The number of anilines is 2. The molecule has 6 nitrogen and oxygen atoms in total. The first kappa shape index (κ1) is 15.1. The van der Waals surface area contributed by atoms with Crippen LogP contribution in [0.2, 0.25) is 0 Å². The molecule has 2 heterocycles. The Kier molecular flexibility index (Phi) is 4.06. The fourth-order valence-corrected chi connectivity index (χ4v) is 2.94. The standard InChI is InChI=1S/C17H18N4O2/c1-3-11-12-4-5-15(22)21-16(12)10(2)8-14(11)20-17(23)13-6-7-18-9-19-13/h6-9H,3-5H2,1-2H3,(H,20,23)(H,21,22). The Labute approximate surface area is 134 Å². The molecular weight excluding hydrogens is 292 g/mol. The summed E-state index contributed by atoms with van der Waals surface area (Å²) in [6, 6.07) is 3.48. The molecule has 1 aromatic heterocycles. The summed E-state index contributed by atoms with van der Waals surface area (Å²) in [5, 5.41) is 5.88. The number of hydrogen-bond acceptors (Lipinski definition) is 4. The maximum absolute atomic E-state index is 12.3. The molecule has 0 unspecified atom stereocenters. The van der Waals surface area contributed by atoms with Gasteiger partial charge in [-0.1, -0.05) is 6.92 Å². The van der Waals surface area contributed by atoms with E-state index >= 15 is 0 Å². The third kappa shape index (κ3) is 2.92. The van der Waals surface area contributed by atoms with Crippen LogP contribution in [0.5, 0.6) is 0 Å². The van der Waals surface area contributed by atoms with E-state index in [1.54, 1.807) is 6.07 Å². The highest BCUT2D eigenvalue weighted by Gasteiger charge is 2.22. The van der Waals surface area contributed by atoms with Gasteiger partial charge >= 0.3 is 0 Å². The molecule has 1 aromatic carbocycles. The minimum absolute atomic E-state index is 0.0421. The average Bonchev–Trinajstić information content (AvgIpc) is 2.56. The summed E-state index contributed by atoms with van der Waals surface area (Å²) in [7, 11) is 0. The van der Waals surface area contributed by atoms with Crippen molar-refractivity contribution in [1.82, 2.24) is 9.97 Å². The third-order valence-electron chi connectivity index (χ3n) is 4.03. The lowest BCUT2D eigenvalue weighted by atomic mass is 9.91. The molecule has 3 rings (SSSR count). The highest BCUT2D eigenvalue weighted by molar-refractivity contribution is 6.04. The summed E-state index contributed by atoms with van der Waals surface area (Å²) < 4.78 is 0. The van der Waals surface area contributed by atoms with E-state index in [0.717, 1.165) is 34.5 Å². The van der Waals surface area contributed by atoms with Crippen molar-refractivity contribution >= 4 is 23.2 Å². The van der Waals surface area contributed by atoms with Gasteiger partial charge in [0.1, 0.15) is 12.0 Å². The van der Waals surface area contributed by atoms with E-state index in [0.29, 0.717) is 18.5 Å². The second-order valence-corrected chi connectivity index (χ2v) is 5.52. The predicted molar refractivity (Wildman–Crippen MR) is 87.5 cm³/mol. The Balaban J connectivity index is 1.98. The van der Waals surface area contributed by atoms with Crippen LogP contribution in [0.25, 0.3) is 0 Å². The molecule has 1 aliphatic rings. The van der Waals surface area contributed by atoms with Crippen molar-refractivity contribution in [2.45, 2.75) is 33.1 Å². The van der Waals surface area contributed by atoms with Crippen LogP contribution in [0, 0.1) is 6.92 Å². The van der Waals surface area contributed by atoms with Gasteiger partial charge in [0.2, 0.25) is 5.91 Å². The lowest BCUT2D eigenvalue weighted by Gasteiger charge is -2.24. The normalized spacial score (nSPS) is 13.2.